The van der Waals surface area contributed by atoms with Gasteiger partial charge in [-0.15, -0.1) is 0 Å². The van der Waals surface area contributed by atoms with Crippen molar-refractivity contribution in [3.8, 4) is 0 Å². The molecule has 2 heteroatoms. The molecule has 0 fully saturated rings. The van der Waals surface area contributed by atoms with Crippen molar-refractivity contribution < 1.29 is 9.53 Å². The van der Waals surface area contributed by atoms with E-state index in [2.05, 4.69) is 32.9 Å². The summed E-state index contributed by atoms with van der Waals surface area (Å²) < 4.78 is 5.98. The summed E-state index contributed by atoms with van der Waals surface area (Å²) >= 11 is 0. The molecule has 0 amide bonds. The van der Waals surface area contributed by atoms with E-state index >= 15 is 0 Å². The van der Waals surface area contributed by atoms with Crippen molar-refractivity contribution in [2.24, 2.45) is 5.41 Å². The summed E-state index contributed by atoms with van der Waals surface area (Å²) in [4.78, 5) is 13.0. The summed E-state index contributed by atoms with van der Waals surface area (Å²) in [5, 5.41) is 2.07. The van der Waals surface area contributed by atoms with E-state index in [1.165, 1.54) is 89.9 Å². The third-order valence-electron chi connectivity index (χ3n) is 7.33. The van der Waals surface area contributed by atoms with E-state index in [0.717, 1.165) is 23.6 Å². The first kappa shape index (κ1) is 28.4. The number of fused-ring (bicyclic) bond motifs is 1. The van der Waals surface area contributed by atoms with Crippen LogP contribution in [0.25, 0.3) is 10.8 Å². The van der Waals surface area contributed by atoms with Gasteiger partial charge in [0.1, 0.15) is 0 Å². The smallest absolute Gasteiger partial charge is 0.338 e. The number of carbonyl (C=O) groups excluding carboxylic acids is 1. The first-order valence-corrected chi connectivity index (χ1v) is 14.2. The summed E-state index contributed by atoms with van der Waals surface area (Å²) in [6.45, 7) is 7.42. The van der Waals surface area contributed by atoms with Crippen molar-refractivity contribution in [3.05, 3.63) is 48.0 Å². The minimum absolute atomic E-state index is 0.0766. The monoisotopic (exact) mass is 466 g/mol. The lowest BCUT2D eigenvalue weighted by Crippen LogP contribution is -2.25. The van der Waals surface area contributed by atoms with Crippen molar-refractivity contribution in [1.29, 1.82) is 0 Å². The Morgan fingerprint density at radius 3 is 1.76 bits per heavy atom. The Balaban J connectivity index is 1.87. The van der Waals surface area contributed by atoms with E-state index in [9.17, 15) is 4.79 Å². The highest BCUT2D eigenvalue weighted by atomic mass is 16.5. The van der Waals surface area contributed by atoms with Gasteiger partial charge >= 0.3 is 5.97 Å². The second kappa shape index (κ2) is 16.7. The lowest BCUT2D eigenvalue weighted by molar-refractivity contribution is 0.0266. The van der Waals surface area contributed by atoms with Gasteiger partial charge in [0, 0.05) is 5.41 Å². The normalized spacial score (nSPS) is 13.1. The summed E-state index contributed by atoms with van der Waals surface area (Å²) in [6, 6.07) is 14.0. The van der Waals surface area contributed by atoms with Gasteiger partial charge in [-0.05, 0) is 29.7 Å². The van der Waals surface area contributed by atoms with Gasteiger partial charge in [-0.3, -0.25) is 0 Å². The van der Waals surface area contributed by atoms with Gasteiger partial charge in [-0.25, -0.2) is 4.79 Å². The molecule has 0 N–H and O–H groups in total. The molecular formula is C32H50O2. The Bertz CT molecular complexity index is 806. The number of esters is 1. The molecule has 2 aromatic rings. The fraction of sp³-hybridized carbons (Fsp3) is 0.656. The van der Waals surface area contributed by atoms with Gasteiger partial charge in [0.05, 0.1) is 12.2 Å². The third-order valence-corrected chi connectivity index (χ3v) is 7.33. The predicted molar refractivity (Wildman–Crippen MR) is 148 cm³/mol. The lowest BCUT2D eigenvalue weighted by Gasteiger charge is -2.29. The average Bonchev–Trinajstić information content (AvgIpc) is 2.86. The van der Waals surface area contributed by atoms with Crippen molar-refractivity contribution in [2.75, 3.05) is 6.61 Å². The molecule has 0 saturated heterocycles. The first-order valence-electron chi connectivity index (χ1n) is 14.2. The molecule has 0 aromatic heterocycles. The van der Waals surface area contributed by atoms with E-state index < -0.39 is 0 Å². The second-order valence-electron chi connectivity index (χ2n) is 10.7. The zero-order valence-electron chi connectivity index (χ0n) is 22.4. The topological polar surface area (TPSA) is 26.3 Å². The molecule has 1 atom stereocenters. The summed E-state index contributed by atoms with van der Waals surface area (Å²) in [6.07, 6.45) is 20.9. The number of hydrogen-bond acceptors (Lipinski definition) is 2. The first-order chi connectivity index (χ1) is 16.6. The van der Waals surface area contributed by atoms with Crippen molar-refractivity contribution >= 4 is 16.7 Å². The highest BCUT2D eigenvalue weighted by molar-refractivity contribution is 6.04. The van der Waals surface area contributed by atoms with Gasteiger partial charge in [-0.1, -0.05) is 147 Å². The molecule has 1 unspecified atom stereocenters. The van der Waals surface area contributed by atoms with Crippen LogP contribution in [0, 0.1) is 5.41 Å². The Kier molecular flexibility index (Phi) is 14.0. The molecule has 34 heavy (non-hydrogen) atoms. The van der Waals surface area contributed by atoms with E-state index in [4.69, 9.17) is 4.74 Å². The number of ether oxygens (including phenoxy) is 1. The van der Waals surface area contributed by atoms with E-state index in [-0.39, 0.29) is 11.4 Å². The van der Waals surface area contributed by atoms with Crippen molar-refractivity contribution in [2.45, 2.75) is 124 Å². The van der Waals surface area contributed by atoms with Crippen LogP contribution in [-0.4, -0.2) is 12.6 Å². The van der Waals surface area contributed by atoms with Gasteiger partial charge in [0.2, 0.25) is 0 Å². The minimum atomic E-state index is -0.179. The molecule has 0 heterocycles. The van der Waals surface area contributed by atoms with E-state index in [0.29, 0.717) is 12.2 Å². The molecular weight excluding hydrogens is 416 g/mol. The minimum Gasteiger partial charge on any atom is -0.462 e. The maximum Gasteiger partial charge on any atom is 0.338 e. The number of carbonyl (C=O) groups is 1. The molecule has 0 aliphatic heterocycles. The maximum absolute atomic E-state index is 13.0. The molecule has 190 valence electrons. The Hall–Kier alpha value is -1.83. The number of hydrogen-bond donors (Lipinski definition) is 0. The van der Waals surface area contributed by atoms with Crippen LogP contribution in [0.5, 0.6) is 0 Å². The standard InChI is InChI=1S/C32H50O2/c1-4-6-8-10-12-13-15-19-26-32(3,25-18-14-11-9-7-5-2)27-34-31(33)30-24-20-22-28-21-16-17-23-29(28)30/h16-17,20-24H,4-15,18-19,25-27H2,1-3H3. The summed E-state index contributed by atoms with van der Waals surface area (Å²) in [7, 11) is 0. The highest BCUT2D eigenvalue weighted by Crippen LogP contribution is 2.33. The molecule has 0 radical (unpaired) electrons. The molecule has 2 rings (SSSR count). The average molecular weight is 467 g/mol. The predicted octanol–water partition coefficient (Wildman–Crippen LogP) is 10.3. The van der Waals surface area contributed by atoms with Gasteiger partial charge in [0.25, 0.3) is 0 Å². The van der Waals surface area contributed by atoms with Crippen LogP contribution in [0.2, 0.25) is 0 Å². The quantitative estimate of drug-likeness (QED) is 0.152. The molecule has 0 aliphatic carbocycles. The molecule has 2 nitrogen and oxygen atoms in total. The molecule has 0 bridgehead atoms. The molecule has 0 saturated carbocycles. The van der Waals surface area contributed by atoms with Gasteiger partial charge in [0.15, 0.2) is 0 Å². The Labute approximate surface area is 209 Å². The van der Waals surface area contributed by atoms with Crippen LogP contribution in [0.15, 0.2) is 42.5 Å². The van der Waals surface area contributed by atoms with Crippen LogP contribution >= 0.6 is 0 Å². The highest BCUT2D eigenvalue weighted by Gasteiger charge is 2.26. The number of benzene rings is 2. The fourth-order valence-electron chi connectivity index (χ4n) is 5.01. The van der Waals surface area contributed by atoms with Crippen LogP contribution in [-0.2, 0) is 4.74 Å². The third kappa shape index (κ3) is 10.6. The van der Waals surface area contributed by atoms with Crippen molar-refractivity contribution in [3.63, 3.8) is 0 Å². The summed E-state index contributed by atoms with van der Waals surface area (Å²) in [5.74, 6) is -0.179. The fourth-order valence-corrected chi connectivity index (χ4v) is 5.01. The van der Waals surface area contributed by atoms with Crippen LogP contribution in [0.4, 0.5) is 0 Å². The van der Waals surface area contributed by atoms with Gasteiger partial charge < -0.3 is 4.74 Å². The van der Waals surface area contributed by atoms with Crippen LogP contribution < -0.4 is 0 Å². The molecule has 0 spiro atoms. The Morgan fingerprint density at radius 1 is 0.676 bits per heavy atom. The van der Waals surface area contributed by atoms with Gasteiger partial charge in [-0.2, -0.15) is 0 Å². The molecule has 0 aliphatic rings. The number of rotatable bonds is 19. The second-order valence-corrected chi connectivity index (χ2v) is 10.7. The zero-order valence-corrected chi connectivity index (χ0v) is 22.4. The number of unbranched alkanes of at least 4 members (excludes halogenated alkanes) is 12. The van der Waals surface area contributed by atoms with Crippen molar-refractivity contribution in [1.82, 2.24) is 0 Å². The molecule has 2 aromatic carbocycles. The van der Waals surface area contributed by atoms with Crippen LogP contribution in [0.3, 0.4) is 0 Å². The van der Waals surface area contributed by atoms with E-state index in [1.807, 2.05) is 30.3 Å². The van der Waals surface area contributed by atoms with Crippen LogP contribution in [0.1, 0.15) is 134 Å². The lowest BCUT2D eigenvalue weighted by atomic mass is 9.80. The Morgan fingerprint density at radius 2 is 1.18 bits per heavy atom. The zero-order chi connectivity index (χ0) is 24.5. The largest absolute Gasteiger partial charge is 0.462 e. The SMILES string of the molecule is CCCCCCCCCCC(C)(CCCCCCCC)COC(=O)c1cccc2ccccc12. The summed E-state index contributed by atoms with van der Waals surface area (Å²) in [5.41, 5.74) is 0.764. The maximum atomic E-state index is 13.0. The van der Waals surface area contributed by atoms with E-state index in [1.54, 1.807) is 0 Å².